The molecule has 138 valence electrons. The second-order valence-electron chi connectivity index (χ2n) is 8.73. The highest BCUT2D eigenvalue weighted by Gasteiger charge is 2.50. The standard InChI is InChI=1S/C18H27N3O3S/c1-17(2)9-15-10-18(3,11-17)12-21(15)16(22)19-13-6-5-7-14(8-13)20-25(4,23)24/h5-8,15,20H,9-12H2,1-4H3,(H,19,22). The second kappa shape index (κ2) is 5.90. The number of urea groups is 1. The van der Waals surface area contributed by atoms with Gasteiger partial charge in [-0.05, 0) is 48.3 Å². The maximum Gasteiger partial charge on any atom is 0.322 e. The van der Waals surface area contributed by atoms with Gasteiger partial charge in [0.25, 0.3) is 0 Å². The minimum atomic E-state index is -3.34. The molecular formula is C18H27N3O3S. The normalized spacial score (nSPS) is 27.8. The van der Waals surface area contributed by atoms with E-state index in [0.29, 0.717) is 11.4 Å². The molecule has 1 aliphatic heterocycles. The van der Waals surface area contributed by atoms with Crippen molar-refractivity contribution in [2.45, 2.75) is 46.1 Å². The van der Waals surface area contributed by atoms with Crippen molar-refractivity contribution in [3.05, 3.63) is 24.3 Å². The van der Waals surface area contributed by atoms with E-state index in [0.717, 1.165) is 32.1 Å². The van der Waals surface area contributed by atoms with E-state index in [1.165, 1.54) is 0 Å². The number of hydrogen-bond donors (Lipinski definition) is 2. The summed E-state index contributed by atoms with van der Waals surface area (Å²) in [6.07, 6.45) is 4.31. The predicted molar refractivity (Wildman–Crippen MR) is 100 cm³/mol. The van der Waals surface area contributed by atoms with Crippen molar-refractivity contribution >= 4 is 27.4 Å². The van der Waals surface area contributed by atoms with Gasteiger partial charge in [0.05, 0.1) is 11.9 Å². The molecule has 2 bridgehead atoms. The predicted octanol–water partition coefficient (Wildman–Crippen LogP) is 3.49. The van der Waals surface area contributed by atoms with E-state index in [1.54, 1.807) is 24.3 Å². The van der Waals surface area contributed by atoms with Crippen LogP contribution in [0.5, 0.6) is 0 Å². The molecule has 2 N–H and O–H groups in total. The van der Waals surface area contributed by atoms with E-state index in [-0.39, 0.29) is 22.9 Å². The summed E-state index contributed by atoms with van der Waals surface area (Å²) >= 11 is 0. The number of rotatable bonds is 3. The summed E-state index contributed by atoms with van der Waals surface area (Å²) in [7, 11) is -3.34. The van der Waals surface area contributed by atoms with Gasteiger partial charge >= 0.3 is 6.03 Å². The van der Waals surface area contributed by atoms with E-state index >= 15 is 0 Å². The van der Waals surface area contributed by atoms with Crippen LogP contribution in [0.2, 0.25) is 0 Å². The second-order valence-corrected chi connectivity index (χ2v) is 10.5. The van der Waals surface area contributed by atoms with Gasteiger partial charge in [-0.1, -0.05) is 26.8 Å². The lowest BCUT2D eigenvalue weighted by molar-refractivity contribution is 0.130. The highest BCUT2D eigenvalue weighted by molar-refractivity contribution is 7.92. The van der Waals surface area contributed by atoms with Crippen molar-refractivity contribution in [2.75, 3.05) is 22.8 Å². The number of likely N-dealkylation sites (tertiary alicyclic amines) is 1. The third-order valence-electron chi connectivity index (χ3n) is 5.09. The van der Waals surface area contributed by atoms with E-state index in [4.69, 9.17) is 0 Å². The maximum atomic E-state index is 12.8. The molecule has 7 heteroatoms. The molecule has 2 unspecified atom stereocenters. The van der Waals surface area contributed by atoms with Crippen LogP contribution in [0.1, 0.15) is 40.0 Å². The molecule has 2 aliphatic rings. The molecule has 25 heavy (non-hydrogen) atoms. The van der Waals surface area contributed by atoms with Crippen LogP contribution in [0.4, 0.5) is 16.2 Å². The van der Waals surface area contributed by atoms with Crippen LogP contribution in [0.3, 0.4) is 0 Å². The van der Waals surface area contributed by atoms with Crippen LogP contribution in [0, 0.1) is 10.8 Å². The minimum absolute atomic E-state index is 0.108. The number of fused-ring (bicyclic) bond motifs is 2. The van der Waals surface area contributed by atoms with Gasteiger partial charge < -0.3 is 10.2 Å². The number of hydrogen-bond acceptors (Lipinski definition) is 3. The summed E-state index contributed by atoms with van der Waals surface area (Å²) in [5.41, 5.74) is 1.47. The Balaban J connectivity index is 1.72. The molecule has 2 fully saturated rings. The Labute approximate surface area is 150 Å². The zero-order chi connectivity index (χ0) is 18.5. The zero-order valence-corrected chi connectivity index (χ0v) is 16.1. The molecule has 1 aromatic rings. The Bertz CT molecular complexity index is 791. The van der Waals surface area contributed by atoms with E-state index in [9.17, 15) is 13.2 Å². The van der Waals surface area contributed by atoms with Crippen molar-refractivity contribution in [3.63, 3.8) is 0 Å². The first-order chi connectivity index (χ1) is 11.4. The van der Waals surface area contributed by atoms with Crippen LogP contribution in [-0.4, -0.2) is 38.2 Å². The van der Waals surface area contributed by atoms with Gasteiger partial charge in [-0.25, -0.2) is 13.2 Å². The van der Waals surface area contributed by atoms with E-state index in [2.05, 4.69) is 30.8 Å². The molecule has 1 heterocycles. The average Bonchev–Trinajstić information content (AvgIpc) is 2.66. The van der Waals surface area contributed by atoms with Crippen molar-refractivity contribution < 1.29 is 13.2 Å². The smallest absolute Gasteiger partial charge is 0.321 e. The third kappa shape index (κ3) is 4.26. The zero-order valence-electron chi connectivity index (χ0n) is 15.3. The highest BCUT2D eigenvalue weighted by Crippen LogP contribution is 2.52. The van der Waals surface area contributed by atoms with Gasteiger partial charge in [0.2, 0.25) is 10.0 Å². The molecule has 2 atom stereocenters. The number of anilines is 2. The number of amides is 2. The van der Waals surface area contributed by atoms with Gasteiger partial charge in [-0.2, -0.15) is 0 Å². The van der Waals surface area contributed by atoms with Crippen LogP contribution < -0.4 is 10.0 Å². The van der Waals surface area contributed by atoms with Crippen LogP contribution in [-0.2, 0) is 10.0 Å². The van der Waals surface area contributed by atoms with Crippen molar-refractivity contribution in [1.82, 2.24) is 4.90 Å². The fraction of sp³-hybridized carbons (Fsp3) is 0.611. The first kappa shape index (κ1) is 18.0. The average molecular weight is 365 g/mol. The third-order valence-corrected chi connectivity index (χ3v) is 5.70. The molecule has 1 aliphatic carbocycles. The van der Waals surface area contributed by atoms with Crippen LogP contribution in [0.25, 0.3) is 0 Å². The Kier molecular flexibility index (Phi) is 4.26. The van der Waals surface area contributed by atoms with Gasteiger partial charge in [0.1, 0.15) is 0 Å². The molecule has 3 rings (SSSR count). The Morgan fingerprint density at radius 3 is 2.56 bits per heavy atom. The van der Waals surface area contributed by atoms with Crippen molar-refractivity contribution in [1.29, 1.82) is 0 Å². The molecule has 1 saturated carbocycles. The number of carbonyl (C=O) groups excluding carboxylic acids is 1. The minimum Gasteiger partial charge on any atom is -0.321 e. The van der Waals surface area contributed by atoms with Gasteiger partial charge in [0, 0.05) is 18.3 Å². The number of carbonyl (C=O) groups is 1. The largest absolute Gasteiger partial charge is 0.322 e. The molecule has 2 amide bonds. The first-order valence-corrected chi connectivity index (χ1v) is 10.5. The number of sulfonamides is 1. The molecule has 6 nitrogen and oxygen atoms in total. The Morgan fingerprint density at radius 1 is 1.20 bits per heavy atom. The lowest BCUT2D eigenvalue weighted by Crippen LogP contribution is -2.40. The molecule has 0 spiro atoms. The highest BCUT2D eigenvalue weighted by atomic mass is 32.2. The summed E-state index contributed by atoms with van der Waals surface area (Å²) < 4.78 is 25.1. The Morgan fingerprint density at radius 2 is 1.88 bits per heavy atom. The number of benzene rings is 1. The van der Waals surface area contributed by atoms with Crippen LogP contribution in [0.15, 0.2) is 24.3 Å². The molecule has 0 radical (unpaired) electrons. The van der Waals surface area contributed by atoms with E-state index < -0.39 is 10.0 Å². The summed E-state index contributed by atoms with van der Waals surface area (Å²) in [6.45, 7) is 7.59. The topological polar surface area (TPSA) is 78.5 Å². The summed E-state index contributed by atoms with van der Waals surface area (Å²) in [5, 5.41) is 2.92. The molecule has 1 aromatic carbocycles. The molecule has 1 saturated heterocycles. The number of nitrogens with zero attached hydrogens (tertiary/aromatic N) is 1. The molecular weight excluding hydrogens is 338 g/mol. The van der Waals surface area contributed by atoms with Crippen molar-refractivity contribution in [3.8, 4) is 0 Å². The van der Waals surface area contributed by atoms with Crippen LogP contribution >= 0.6 is 0 Å². The lowest BCUT2D eigenvalue weighted by Gasteiger charge is -2.39. The SMILES string of the molecule is CC1(C)CC2CC(C)(CN2C(=O)Nc2cccc(NS(C)(=O)=O)c2)C1. The fourth-order valence-corrected chi connectivity index (χ4v) is 5.32. The van der Waals surface area contributed by atoms with Gasteiger partial charge in [-0.3, -0.25) is 4.72 Å². The first-order valence-electron chi connectivity index (χ1n) is 8.60. The van der Waals surface area contributed by atoms with Crippen molar-refractivity contribution in [2.24, 2.45) is 10.8 Å². The molecule has 0 aromatic heterocycles. The maximum absolute atomic E-state index is 12.8. The number of nitrogens with one attached hydrogen (secondary N) is 2. The van der Waals surface area contributed by atoms with E-state index in [1.807, 2.05) is 4.90 Å². The quantitative estimate of drug-likeness (QED) is 0.860. The summed E-state index contributed by atoms with van der Waals surface area (Å²) in [4.78, 5) is 14.7. The fourth-order valence-electron chi connectivity index (χ4n) is 4.77. The lowest BCUT2D eigenvalue weighted by atomic mass is 9.65. The van der Waals surface area contributed by atoms with Gasteiger partial charge in [-0.15, -0.1) is 0 Å². The Hall–Kier alpha value is -1.76. The monoisotopic (exact) mass is 365 g/mol. The van der Waals surface area contributed by atoms with Gasteiger partial charge in [0.15, 0.2) is 0 Å². The summed E-state index contributed by atoms with van der Waals surface area (Å²) in [6, 6.07) is 6.93. The summed E-state index contributed by atoms with van der Waals surface area (Å²) in [5.74, 6) is 0.